The summed E-state index contributed by atoms with van der Waals surface area (Å²) in [6, 6.07) is 6.04. The molecular weight excluding hydrogens is 359 g/mol. The lowest BCUT2D eigenvalue weighted by Gasteiger charge is -2.15. The van der Waals surface area contributed by atoms with Crippen LogP contribution >= 0.6 is 0 Å². The Kier molecular flexibility index (Phi) is 5.51. The van der Waals surface area contributed by atoms with Crippen molar-refractivity contribution >= 4 is 17.5 Å². The molecule has 0 spiro atoms. The summed E-state index contributed by atoms with van der Waals surface area (Å²) in [5, 5.41) is 14.6. The fourth-order valence-corrected chi connectivity index (χ4v) is 2.28. The van der Waals surface area contributed by atoms with Crippen LogP contribution in [0.25, 0.3) is 11.3 Å². The standard InChI is InChI=1S/C18H16F3N5O/c1-10(9-27)23-18-24-14(11-4-6-22-7-5-11)8-15(26-18)25-17-13(20)3-2-12(19)16(17)21/h2-8,10,27H,9H2,1H3,(H2,23,24,25,26)/t10-/m0/s1. The molecule has 0 bridgehead atoms. The normalized spacial score (nSPS) is 11.9. The van der Waals surface area contributed by atoms with Crippen molar-refractivity contribution in [1.29, 1.82) is 0 Å². The van der Waals surface area contributed by atoms with Gasteiger partial charge in [0.15, 0.2) is 11.6 Å². The van der Waals surface area contributed by atoms with Crippen molar-refractivity contribution in [1.82, 2.24) is 15.0 Å². The van der Waals surface area contributed by atoms with Gasteiger partial charge in [-0.25, -0.2) is 18.2 Å². The second kappa shape index (κ2) is 8.00. The highest BCUT2D eigenvalue weighted by Crippen LogP contribution is 2.27. The maximum atomic E-state index is 14.0. The van der Waals surface area contributed by atoms with Gasteiger partial charge in [0, 0.05) is 30.1 Å². The van der Waals surface area contributed by atoms with Gasteiger partial charge in [0.2, 0.25) is 5.95 Å². The second-order valence-corrected chi connectivity index (χ2v) is 5.77. The Labute approximate surface area is 153 Å². The van der Waals surface area contributed by atoms with E-state index in [1.165, 1.54) is 6.07 Å². The Morgan fingerprint density at radius 2 is 1.74 bits per heavy atom. The minimum absolute atomic E-state index is 0.0489. The average molecular weight is 375 g/mol. The summed E-state index contributed by atoms with van der Waals surface area (Å²) >= 11 is 0. The number of nitrogens with zero attached hydrogens (tertiary/aromatic N) is 3. The molecule has 1 atom stereocenters. The molecule has 3 N–H and O–H groups in total. The Hall–Kier alpha value is -3.20. The first-order valence-electron chi connectivity index (χ1n) is 8.05. The number of rotatable bonds is 6. The number of pyridine rings is 1. The van der Waals surface area contributed by atoms with Gasteiger partial charge in [-0.2, -0.15) is 4.98 Å². The maximum Gasteiger partial charge on any atom is 0.225 e. The van der Waals surface area contributed by atoms with Gasteiger partial charge in [-0.05, 0) is 31.2 Å². The molecular formula is C18H16F3N5O. The highest BCUT2D eigenvalue weighted by molar-refractivity contribution is 5.67. The van der Waals surface area contributed by atoms with Crippen molar-refractivity contribution in [3.8, 4) is 11.3 Å². The van der Waals surface area contributed by atoms with E-state index in [-0.39, 0.29) is 24.4 Å². The highest BCUT2D eigenvalue weighted by atomic mass is 19.2. The number of anilines is 3. The number of aliphatic hydroxyl groups is 1. The minimum Gasteiger partial charge on any atom is -0.394 e. The van der Waals surface area contributed by atoms with Crippen LogP contribution in [0.1, 0.15) is 6.92 Å². The summed E-state index contributed by atoms with van der Waals surface area (Å²) < 4.78 is 41.3. The molecule has 140 valence electrons. The molecule has 3 rings (SSSR count). The maximum absolute atomic E-state index is 14.0. The van der Waals surface area contributed by atoms with Crippen LogP contribution in [0, 0.1) is 17.5 Å². The summed E-state index contributed by atoms with van der Waals surface area (Å²) in [6.45, 7) is 1.54. The lowest BCUT2D eigenvalue weighted by Crippen LogP contribution is -2.21. The molecule has 0 saturated carbocycles. The van der Waals surface area contributed by atoms with Gasteiger partial charge in [-0.3, -0.25) is 4.98 Å². The molecule has 0 fully saturated rings. The summed E-state index contributed by atoms with van der Waals surface area (Å²) in [6.07, 6.45) is 3.14. The zero-order chi connectivity index (χ0) is 19.4. The topological polar surface area (TPSA) is 83.0 Å². The third-order valence-electron chi connectivity index (χ3n) is 3.65. The number of hydrogen-bond acceptors (Lipinski definition) is 6. The van der Waals surface area contributed by atoms with Gasteiger partial charge in [-0.1, -0.05) is 0 Å². The number of aromatic nitrogens is 3. The predicted octanol–water partition coefficient (Wildman–Crippen LogP) is 3.49. The molecule has 27 heavy (non-hydrogen) atoms. The van der Waals surface area contributed by atoms with Crippen molar-refractivity contribution in [2.75, 3.05) is 17.2 Å². The van der Waals surface area contributed by atoms with Crippen LogP contribution < -0.4 is 10.6 Å². The number of hydrogen-bond donors (Lipinski definition) is 3. The quantitative estimate of drug-likeness (QED) is 0.572. The predicted molar refractivity (Wildman–Crippen MR) is 95.0 cm³/mol. The third-order valence-corrected chi connectivity index (χ3v) is 3.65. The van der Waals surface area contributed by atoms with Gasteiger partial charge >= 0.3 is 0 Å². The van der Waals surface area contributed by atoms with E-state index in [9.17, 15) is 18.3 Å². The molecule has 0 amide bonds. The zero-order valence-corrected chi connectivity index (χ0v) is 14.2. The SMILES string of the molecule is C[C@@H](CO)Nc1nc(Nc2c(F)ccc(F)c2F)cc(-c2ccncc2)n1. The minimum atomic E-state index is -1.35. The first-order chi connectivity index (χ1) is 13.0. The van der Waals surface area contributed by atoms with Gasteiger partial charge in [0.05, 0.1) is 12.3 Å². The lowest BCUT2D eigenvalue weighted by atomic mass is 10.2. The van der Waals surface area contributed by atoms with E-state index >= 15 is 0 Å². The molecule has 0 aliphatic heterocycles. The molecule has 2 aromatic heterocycles. The van der Waals surface area contributed by atoms with E-state index in [0.717, 1.165) is 6.07 Å². The average Bonchev–Trinajstić information content (AvgIpc) is 2.68. The van der Waals surface area contributed by atoms with Crippen LogP contribution in [0.4, 0.5) is 30.6 Å². The number of aliphatic hydroxyl groups excluding tert-OH is 1. The van der Waals surface area contributed by atoms with Crippen molar-refractivity contribution in [2.45, 2.75) is 13.0 Å². The van der Waals surface area contributed by atoms with Crippen LogP contribution in [0.5, 0.6) is 0 Å². The van der Waals surface area contributed by atoms with Crippen LogP contribution in [0.3, 0.4) is 0 Å². The van der Waals surface area contributed by atoms with Crippen molar-refractivity contribution in [2.24, 2.45) is 0 Å². The third kappa shape index (κ3) is 4.32. The largest absolute Gasteiger partial charge is 0.394 e. The summed E-state index contributed by atoms with van der Waals surface area (Å²) in [7, 11) is 0. The molecule has 0 saturated heterocycles. The molecule has 0 radical (unpaired) electrons. The van der Waals surface area contributed by atoms with E-state index in [1.807, 2.05) is 0 Å². The first-order valence-corrected chi connectivity index (χ1v) is 8.05. The van der Waals surface area contributed by atoms with Gasteiger partial charge in [-0.15, -0.1) is 0 Å². The van der Waals surface area contributed by atoms with Gasteiger partial charge in [0.1, 0.15) is 17.3 Å². The Morgan fingerprint density at radius 3 is 2.44 bits per heavy atom. The monoisotopic (exact) mass is 375 g/mol. The molecule has 0 unspecified atom stereocenters. The van der Waals surface area contributed by atoms with E-state index < -0.39 is 23.1 Å². The van der Waals surface area contributed by atoms with Crippen LogP contribution in [-0.4, -0.2) is 32.7 Å². The molecule has 0 aliphatic rings. The summed E-state index contributed by atoms with van der Waals surface area (Å²) in [5.74, 6) is -3.32. The fourth-order valence-electron chi connectivity index (χ4n) is 2.28. The zero-order valence-electron chi connectivity index (χ0n) is 14.2. The molecule has 9 heteroatoms. The summed E-state index contributed by atoms with van der Waals surface area (Å²) in [4.78, 5) is 12.4. The Bertz CT molecular complexity index is 940. The number of halogens is 3. The molecule has 6 nitrogen and oxygen atoms in total. The van der Waals surface area contributed by atoms with E-state index in [2.05, 4.69) is 25.6 Å². The van der Waals surface area contributed by atoms with Crippen LogP contribution in [0.2, 0.25) is 0 Å². The number of nitrogens with one attached hydrogen (secondary N) is 2. The number of benzene rings is 1. The molecule has 3 aromatic rings. The Morgan fingerprint density at radius 1 is 1.04 bits per heavy atom. The van der Waals surface area contributed by atoms with Crippen LogP contribution in [0.15, 0.2) is 42.7 Å². The fraction of sp³-hybridized carbons (Fsp3) is 0.167. The molecule has 0 aliphatic carbocycles. The van der Waals surface area contributed by atoms with E-state index in [1.54, 1.807) is 31.5 Å². The van der Waals surface area contributed by atoms with Gasteiger partial charge in [0.25, 0.3) is 0 Å². The van der Waals surface area contributed by atoms with Crippen LogP contribution in [-0.2, 0) is 0 Å². The highest BCUT2D eigenvalue weighted by Gasteiger charge is 2.16. The first kappa shape index (κ1) is 18.6. The van der Waals surface area contributed by atoms with Crippen molar-refractivity contribution < 1.29 is 18.3 Å². The smallest absolute Gasteiger partial charge is 0.225 e. The van der Waals surface area contributed by atoms with Crippen molar-refractivity contribution in [3.05, 3.63) is 60.2 Å². The van der Waals surface area contributed by atoms with Gasteiger partial charge < -0.3 is 15.7 Å². The van der Waals surface area contributed by atoms with Crippen molar-refractivity contribution in [3.63, 3.8) is 0 Å². The lowest BCUT2D eigenvalue weighted by molar-refractivity contribution is 0.281. The second-order valence-electron chi connectivity index (χ2n) is 5.77. The van der Waals surface area contributed by atoms with E-state index in [4.69, 9.17) is 0 Å². The molecule has 1 aromatic carbocycles. The summed E-state index contributed by atoms with van der Waals surface area (Å²) in [5.41, 5.74) is 0.477. The molecule has 2 heterocycles. The Balaban J connectivity index is 2.04. The van der Waals surface area contributed by atoms with E-state index in [0.29, 0.717) is 17.3 Å².